The summed E-state index contributed by atoms with van der Waals surface area (Å²) in [6.07, 6.45) is 0.956. The lowest BCUT2D eigenvalue weighted by atomic mass is 9.97. The van der Waals surface area contributed by atoms with E-state index in [2.05, 4.69) is 68.6 Å². The highest BCUT2D eigenvalue weighted by Gasteiger charge is 2.15. The summed E-state index contributed by atoms with van der Waals surface area (Å²) in [7, 11) is 0. The van der Waals surface area contributed by atoms with Crippen LogP contribution in [0.1, 0.15) is 35.2 Å². The first kappa shape index (κ1) is 15.1. The van der Waals surface area contributed by atoms with Gasteiger partial charge in [0.2, 0.25) is 0 Å². The van der Waals surface area contributed by atoms with Crippen LogP contribution in [0.25, 0.3) is 0 Å². The van der Waals surface area contributed by atoms with E-state index in [1.54, 1.807) is 0 Å². The lowest BCUT2D eigenvalue weighted by Crippen LogP contribution is -2.23. The van der Waals surface area contributed by atoms with E-state index >= 15 is 0 Å². The third-order valence-electron chi connectivity index (χ3n) is 3.61. The normalized spacial score (nSPS) is 12.4. The van der Waals surface area contributed by atoms with E-state index in [-0.39, 0.29) is 6.04 Å². The Labute approximate surface area is 127 Å². The van der Waals surface area contributed by atoms with Crippen molar-refractivity contribution in [2.45, 2.75) is 33.2 Å². The van der Waals surface area contributed by atoms with Crippen molar-refractivity contribution in [2.24, 2.45) is 0 Å². The quantitative estimate of drug-likeness (QED) is 0.829. The average Bonchev–Trinajstić information content (AvgIpc) is 2.44. The van der Waals surface area contributed by atoms with Gasteiger partial charge in [-0.05, 0) is 43.5 Å². The van der Waals surface area contributed by atoms with E-state index in [0.29, 0.717) is 0 Å². The minimum atomic E-state index is 0.259. The zero-order valence-electron chi connectivity index (χ0n) is 12.4. The molecular weight excluding hydrogens is 266 g/mol. The van der Waals surface area contributed by atoms with Crippen LogP contribution in [0.15, 0.2) is 42.5 Å². The number of halogens is 1. The Morgan fingerprint density at radius 3 is 2.40 bits per heavy atom. The summed E-state index contributed by atoms with van der Waals surface area (Å²) in [5.74, 6) is 0. The Kier molecular flexibility index (Phi) is 5.22. The predicted molar refractivity (Wildman–Crippen MR) is 87.5 cm³/mol. The number of aryl methyl sites for hydroxylation is 2. The van der Waals surface area contributed by atoms with E-state index in [0.717, 1.165) is 23.6 Å². The minimum absolute atomic E-state index is 0.259. The lowest BCUT2D eigenvalue weighted by Gasteiger charge is -2.20. The van der Waals surface area contributed by atoms with Crippen molar-refractivity contribution in [1.82, 2.24) is 5.32 Å². The zero-order valence-corrected chi connectivity index (χ0v) is 13.2. The average molecular weight is 288 g/mol. The van der Waals surface area contributed by atoms with E-state index in [1.807, 2.05) is 0 Å². The van der Waals surface area contributed by atoms with Gasteiger partial charge < -0.3 is 5.32 Å². The molecule has 2 heteroatoms. The molecule has 0 bridgehead atoms. The first-order chi connectivity index (χ1) is 9.61. The number of likely N-dealkylation sites (N-methyl/N-ethyl adjacent to an activating group) is 1. The summed E-state index contributed by atoms with van der Waals surface area (Å²) in [6, 6.07) is 15.2. The van der Waals surface area contributed by atoms with E-state index in [4.69, 9.17) is 11.6 Å². The smallest absolute Gasteiger partial charge is 0.0483 e. The molecule has 0 aliphatic heterocycles. The molecular formula is C18H22ClN. The first-order valence-corrected chi connectivity index (χ1v) is 7.53. The van der Waals surface area contributed by atoms with Crippen molar-refractivity contribution in [3.63, 3.8) is 0 Å². The molecule has 0 saturated heterocycles. The minimum Gasteiger partial charge on any atom is -0.310 e. The second-order valence-corrected chi connectivity index (χ2v) is 5.66. The van der Waals surface area contributed by atoms with E-state index in [1.165, 1.54) is 16.7 Å². The fraction of sp³-hybridized carbons (Fsp3) is 0.333. The number of hydrogen-bond acceptors (Lipinski definition) is 1. The zero-order chi connectivity index (χ0) is 14.5. The molecule has 0 aliphatic carbocycles. The van der Waals surface area contributed by atoms with Crippen molar-refractivity contribution >= 4 is 11.6 Å². The summed E-state index contributed by atoms with van der Waals surface area (Å²) >= 11 is 6.48. The van der Waals surface area contributed by atoms with Gasteiger partial charge in [0, 0.05) is 11.1 Å². The monoisotopic (exact) mass is 287 g/mol. The van der Waals surface area contributed by atoms with Gasteiger partial charge in [-0.3, -0.25) is 0 Å². The second-order valence-electron chi connectivity index (χ2n) is 5.28. The maximum absolute atomic E-state index is 6.48. The van der Waals surface area contributed by atoms with Gasteiger partial charge in [0.25, 0.3) is 0 Å². The van der Waals surface area contributed by atoms with Gasteiger partial charge in [-0.25, -0.2) is 0 Å². The molecule has 0 aromatic heterocycles. The molecule has 0 radical (unpaired) electrons. The van der Waals surface area contributed by atoms with Crippen LogP contribution in [0.4, 0.5) is 0 Å². The van der Waals surface area contributed by atoms with Crippen molar-refractivity contribution in [2.75, 3.05) is 6.54 Å². The highest BCUT2D eigenvalue weighted by atomic mass is 35.5. The van der Waals surface area contributed by atoms with Gasteiger partial charge in [0.05, 0.1) is 0 Å². The van der Waals surface area contributed by atoms with Crippen LogP contribution in [-0.4, -0.2) is 6.54 Å². The molecule has 0 heterocycles. The van der Waals surface area contributed by atoms with Crippen molar-refractivity contribution in [3.05, 3.63) is 69.7 Å². The molecule has 0 fully saturated rings. The van der Waals surface area contributed by atoms with Crippen LogP contribution in [0.3, 0.4) is 0 Å². The van der Waals surface area contributed by atoms with Gasteiger partial charge >= 0.3 is 0 Å². The summed E-state index contributed by atoms with van der Waals surface area (Å²) in [6.45, 7) is 7.23. The molecule has 2 aromatic rings. The Hall–Kier alpha value is -1.31. The summed E-state index contributed by atoms with van der Waals surface area (Å²) < 4.78 is 0. The van der Waals surface area contributed by atoms with Crippen LogP contribution < -0.4 is 5.32 Å². The van der Waals surface area contributed by atoms with Gasteiger partial charge in [-0.15, -0.1) is 0 Å². The largest absolute Gasteiger partial charge is 0.310 e. The Bertz CT molecular complexity index is 560. The molecule has 106 valence electrons. The van der Waals surface area contributed by atoms with Gasteiger partial charge in [0.1, 0.15) is 0 Å². The summed E-state index contributed by atoms with van der Waals surface area (Å²) in [5.41, 5.74) is 4.95. The Balaban J connectivity index is 2.26. The molecule has 2 aromatic carbocycles. The highest BCUT2D eigenvalue weighted by Crippen LogP contribution is 2.28. The number of benzene rings is 2. The van der Waals surface area contributed by atoms with E-state index < -0.39 is 0 Å². The van der Waals surface area contributed by atoms with Crippen LogP contribution >= 0.6 is 11.6 Å². The molecule has 20 heavy (non-hydrogen) atoms. The molecule has 1 unspecified atom stereocenters. The maximum Gasteiger partial charge on any atom is 0.0483 e. The fourth-order valence-electron chi connectivity index (χ4n) is 2.44. The number of rotatable bonds is 5. The number of hydrogen-bond donors (Lipinski definition) is 1. The molecule has 1 nitrogen and oxygen atoms in total. The predicted octanol–water partition coefficient (Wildman–Crippen LogP) is 4.85. The topological polar surface area (TPSA) is 12.0 Å². The SMILES string of the molecule is CCNC(Cc1ccc(C)cc1)c1cccc(C)c1Cl. The first-order valence-electron chi connectivity index (χ1n) is 7.15. The molecule has 0 spiro atoms. The summed E-state index contributed by atoms with van der Waals surface area (Å²) in [4.78, 5) is 0. The Morgan fingerprint density at radius 2 is 1.75 bits per heavy atom. The van der Waals surface area contributed by atoms with Gasteiger partial charge in [-0.2, -0.15) is 0 Å². The van der Waals surface area contributed by atoms with Crippen LogP contribution in [0.2, 0.25) is 5.02 Å². The fourth-order valence-corrected chi connectivity index (χ4v) is 2.70. The van der Waals surface area contributed by atoms with Crippen molar-refractivity contribution < 1.29 is 0 Å². The maximum atomic E-state index is 6.48. The standard InChI is InChI=1S/C18H22ClN/c1-4-20-17(12-15-10-8-13(2)9-11-15)16-7-5-6-14(3)18(16)19/h5-11,17,20H,4,12H2,1-3H3. The third-order valence-corrected chi connectivity index (χ3v) is 4.12. The molecule has 1 atom stereocenters. The van der Waals surface area contributed by atoms with Gasteiger partial charge in [-0.1, -0.05) is 66.6 Å². The van der Waals surface area contributed by atoms with E-state index in [9.17, 15) is 0 Å². The van der Waals surface area contributed by atoms with Crippen LogP contribution in [0.5, 0.6) is 0 Å². The van der Waals surface area contributed by atoms with Crippen molar-refractivity contribution in [1.29, 1.82) is 0 Å². The van der Waals surface area contributed by atoms with Gasteiger partial charge in [0.15, 0.2) is 0 Å². The van der Waals surface area contributed by atoms with Crippen LogP contribution in [0, 0.1) is 13.8 Å². The molecule has 1 N–H and O–H groups in total. The highest BCUT2D eigenvalue weighted by molar-refractivity contribution is 6.32. The molecule has 0 aliphatic rings. The third kappa shape index (κ3) is 3.62. The lowest BCUT2D eigenvalue weighted by molar-refractivity contribution is 0.549. The molecule has 2 rings (SSSR count). The molecule has 0 saturated carbocycles. The van der Waals surface area contributed by atoms with Crippen LogP contribution in [-0.2, 0) is 6.42 Å². The summed E-state index contributed by atoms with van der Waals surface area (Å²) in [5, 5.41) is 4.43. The molecule has 0 amide bonds. The Morgan fingerprint density at radius 1 is 1.05 bits per heavy atom. The van der Waals surface area contributed by atoms with Crippen molar-refractivity contribution in [3.8, 4) is 0 Å². The second kappa shape index (κ2) is 6.92. The number of nitrogens with one attached hydrogen (secondary N) is 1.